The topological polar surface area (TPSA) is 94.5 Å². The monoisotopic (exact) mass is 404 g/mol. The fourth-order valence-electron chi connectivity index (χ4n) is 3.86. The SMILES string of the molecule is COC1(C(=O)NC(C#N)Cc2ccc(-c3ccc4c(c3)N(C)C(=O)C4)cc2)CNC1. The quantitative estimate of drug-likeness (QED) is 0.759. The Morgan fingerprint density at radius 2 is 1.97 bits per heavy atom. The van der Waals surface area contributed by atoms with Crippen molar-refractivity contribution in [2.45, 2.75) is 24.5 Å². The van der Waals surface area contributed by atoms with Crippen LogP contribution in [0.3, 0.4) is 0 Å². The molecular formula is C23H24N4O3. The highest BCUT2D eigenvalue weighted by atomic mass is 16.5. The third kappa shape index (κ3) is 3.56. The van der Waals surface area contributed by atoms with E-state index in [9.17, 15) is 14.9 Å². The van der Waals surface area contributed by atoms with Gasteiger partial charge in [0.05, 0.1) is 12.5 Å². The summed E-state index contributed by atoms with van der Waals surface area (Å²) in [6, 6.07) is 15.5. The van der Waals surface area contributed by atoms with Crippen LogP contribution in [0.15, 0.2) is 42.5 Å². The summed E-state index contributed by atoms with van der Waals surface area (Å²) in [5, 5.41) is 15.3. The Kier molecular flexibility index (Phi) is 5.29. The highest BCUT2D eigenvalue weighted by Gasteiger charge is 2.45. The molecular weight excluding hydrogens is 380 g/mol. The number of carbonyl (C=O) groups is 2. The average molecular weight is 404 g/mol. The summed E-state index contributed by atoms with van der Waals surface area (Å²) >= 11 is 0. The molecule has 1 saturated heterocycles. The van der Waals surface area contributed by atoms with Crippen molar-refractivity contribution in [2.24, 2.45) is 0 Å². The zero-order valence-corrected chi connectivity index (χ0v) is 17.1. The number of hydrogen-bond donors (Lipinski definition) is 2. The predicted molar refractivity (Wildman–Crippen MR) is 113 cm³/mol. The van der Waals surface area contributed by atoms with Crippen LogP contribution in [0.2, 0.25) is 0 Å². The molecule has 0 spiro atoms. The first kappa shape index (κ1) is 20.1. The minimum atomic E-state index is -0.874. The Balaban J connectivity index is 1.44. The van der Waals surface area contributed by atoms with Gasteiger partial charge in [0.1, 0.15) is 6.04 Å². The van der Waals surface area contributed by atoms with Gasteiger partial charge in [-0.25, -0.2) is 0 Å². The second kappa shape index (κ2) is 7.90. The number of amides is 2. The summed E-state index contributed by atoms with van der Waals surface area (Å²) in [6.45, 7) is 0.896. The van der Waals surface area contributed by atoms with Gasteiger partial charge in [0.15, 0.2) is 5.60 Å². The second-order valence-corrected chi connectivity index (χ2v) is 7.83. The largest absolute Gasteiger partial charge is 0.366 e. The Labute approximate surface area is 175 Å². The van der Waals surface area contributed by atoms with E-state index in [0.29, 0.717) is 25.9 Å². The number of nitrogens with one attached hydrogen (secondary N) is 2. The van der Waals surface area contributed by atoms with Crippen LogP contribution < -0.4 is 15.5 Å². The number of rotatable bonds is 6. The highest BCUT2D eigenvalue weighted by molar-refractivity contribution is 6.01. The molecule has 4 rings (SSSR count). The summed E-state index contributed by atoms with van der Waals surface area (Å²) in [7, 11) is 3.30. The molecule has 0 aromatic heterocycles. The molecule has 2 aromatic carbocycles. The minimum absolute atomic E-state index is 0.107. The first-order valence-electron chi connectivity index (χ1n) is 9.91. The molecule has 0 aliphatic carbocycles. The molecule has 2 aliphatic rings. The van der Waals surface area contributed by atoms with Gasteiger partial charge in [-0.1, -0.05) is 36.4 Å². The van der Waals surface area contributed by atoms with Gasteiger partial charge in [-0.15, -0.1) is 0 Å². The fourth-order valence-corrected chi connectivity index (χ4v) is 3.86. The maximum atomic E-state index is 12.5. The molecule has 7 heteroatoms. The Hall–Kier alpha value is -3.21. The van der Waals surface area contributed by atoms with Crippen LogP contribution in [0, 0.1) is 11.3 Å². The third-order valence-electron chi connectivity index (χ3n) is 5.98. The number of benzene rings is 2. The lowest BCUT2D eigenvalue weighted by atomic mass is 9.94. The number of nitrogens with zero attached hydrogens (tertiary/aromatic N) is 2. The molecule has 1 atom stereocenters. The number of hydrogen-bond acceptors (Lipinski definition) is 5. The van der Waals surface area contributed by atoms with Crippen LogP contribution in [-0.4, -0.2) is 50.7 Å². The van der Waals surface area contributed by atoms with Crippen molar-refractivity contribution >= 4 is 17.5 Å². The summed E-state index contributed by atoms with van der Waals surface area (Å²) in [4.78, 5) is 26.1. The van der Waals surface area contributed by atoms with Gasteiger partial charge in [-0.05, 0) is 28.3 Å². The maximum absolute atomic E-state index is 12.5. The van der Waals surface area contributed by atoms with Gasteiger partial charge >= 0.3 is 0 Å². The van der Waals surface area contributed by atoms with E-state index in [1.165, 1.54) is 7.11 Å². The molecule has 154 valence electrons. The van der Waals surface area contributed by atoms with Crippen molar-refractivity contribution in [3.8, 4) is 17.2 Å². The van der Waals surface area contributed by atoms with Gasteiger partial charge in [-0.3, -0.25) is 9.59 Å². The lowest BCUT2D eigenvalue weighted by molar-refractivity contribution is -0.150. The maximum Gasteiger partial charge on any atom is 0.255 e. The molecule has 1 fully saturated rings. The number of methoxy groups -OCH3 is 1. The van der Waals surface area contributed by atoms with Crippen LogP contribution in [0.5, 0.6) is 0 Å². The number of nitriles is 1. The van der Waals surface area contributed by atoms with E-state index in [2.05, 4.69) is 16.7 Å². The van der Waals surface area contributed by atoms with E-state index in [-0.39, 0.29) is 11.8 Å². The van der Waals surface area contributed by atoms with Crippen molar-refractivity contribution in [1.29, 1.82) is 5.26 Å². The standard InChI is InChI=1S/C23H24N4O3/c1-27-20-10-17(7-8-18(20)11-21(27)28)16-5-3-15(4-6-16)9-19(12-24)26-22(29)23(30-2)13-25-14-23/h3-8,10,19,25H,9,11,13-14H2,1-2H3,(H,26,29). The van der Waals surface area contributed by atoms with E-state index in [0.717, 1.165) is 27.9 Å². The molecule has 2 aliphatic heterocycles. The van der Waals surface area contributed by atoms with E-state index in [1.54, 1.807) is 11.9 Å². The second-order valence-electron chi connectivity index (χ2n) is 7.83. The number of anilines is 1. The lowest BCUT2D eigenvalue weighted by Gasteiger charge is -2.39. The molecule has 2 heterocycles. The predicted octanol–water partition coefficient (Wildman–Crippen LogP) is 1.41. The van der Waals surface area contributed by atoms with Gasteiger partial charge in [-0.2, -0.15) is 5.26 Å². The van der Waals surface area contributed by atoms with Crippen LogP contribution >= 0.6 is 0 Å². The summed E-state index contributed by atoms with van der Waals surface area (Å²) in [6.07, 6.45) is 0.865. The first-order valence-corrected chi connectivity index (χ1v) is 9.91. The number of ether oxygens (including phenoxy) is 1. The van der Waals surface area contributed by atoms with E-state index < -0.39 is 11.6 Å². The Morgan fingerprint density at radius 1 is 1.27 bits per heavy atom. The first-order chi connectivity index (χ1) is 14.5. The van der Waals surface area contributed by atoms with Crippen molar-refractivity contribution < 1.29 is 14.3 Å². The molecule has 0 radical (unpaired) electrons. The van der Waals surface area contributed by atoms with Crippen molar-refractivity contribution in [3.63, 3.8) is 0 Å². The molecule has 2 aromatic rings. The zero-order chi connectivity index (χ0) is 21.3. The zero-order valence-electron chi connectivity index (χ0n) is 17.1. The average Bonchev–Trinajstić information content (AvgIpc) is 3.01. The fraction of sp³-hybridized carbons (Fsp3) is 0.348. The van der Waals surface area contributed by atoms with Crippen LogP contribution in [0.25, 0.3) is 11.1 Å². The summed E-state index contributed by atoms with van der Waals surface area (Å²) in [5.41, 5.74) is 4.15. The van der Waals surface area contributed by atoms with Gasteiger partial charge in [0.25, 0.3) is 5.91 Å². The van der Waals surface area contributed by atoms with Crippen LogP contribution in [0.4, 0.5) is 5.69 Å². The van der Waals surface area contributed by atoms with Crippen molar-refractivity contribution in [1.82, 2.24) is 10.6 Å². The van der Waals surface area contributed by atoms with E-state index in [1.807, 2.05) is 42.5 Å². The highest BCUT2D eigenvalue weighted by Crippen LogP contribution is 2.32. The van der Waals surface area contributed by atoms with Gasteiger partial charge in [0, 0.05) is 39.4 Å². The Bertz CT molecular complexity index is 1020. The van der Waals surface area contributed by atoms with E-state index >= 15 is 0 Å². The van der Waals surface area contributed by atoms with Gasteiger partial charge < -0.3 is 20.3 Å². The number of likely N-dealkylation sites (N-methyl/N-ethyl adjacent to an activating group) is 1. The summed E-state index contributed by atoms with van der Waals surface area (Å²) in [5.74, 6) is -0.154. The Morgan fingerprint density at radius 3 is 2.57 bits per heavy atom. The molecule has 0 bridgehead atoms. The molecule has 7 nitrogen and oxygen atoms in total. The van der Waals surface area contributed by atoms with Crippen LogP contribution in [0.1, 0.15) is 11.1 Å². The summed E-state index contributed by atoms with van der Waals surface area (Å²) < 4.78 is 5.33. The molecule has 1 unspecified atom stereocenters. The van der Waals surface area contributed by atoms with Gasteiger partial charge in [0.2, 0.25) is 5.91 Å². The molecule has 2 amide bonds. The molecule has 30 heavy (non-hydrogen) atoms. The van der Waals surface area contributed by atoms with Crippen molar-refractivity contribution in [3.05, 3.63) is 53.6 Å². The number of carbonyl (C=O) groups excluding carboxylic acids is 2. The third-order valence-corrected chi connectivity index (χ3v) is 5.98. The molecule has 2 N–H and O–H groups in total. The normalized spacial score (nSPS) is 17.6. The molecule has 0 saturated carbocycles. The minimum Gasteiger partial charge on any atom is -0.366 e. The lowest BCUT2D eigenvalue weighted by Crippen LogP contribution is -2.69. The smallest absolute Gasteiger partial charge is 0.255 e. The van der Waals surface area contributed by atoms with Crippen molar-refractivity contribution in [2.75, 3.05) is 32.1 Å². The number of fused-ring (bicyclic) bond motifs is 1. The van der Waals surface area contributed by atoms with E-state index in [4.69, 9.17) is 4.74 Å². The van der Waals surface area contributed by atoms with Crippen LogP contribution in [-0.2, 0) is 27.2 Å².